The first-order valence-electron chi connectivity index (χ1n) is 7.17. The molecule has 0 aliphatic rings. The molecule has 0 N–H and O–H groups in total. The van der Waals surface area contributed by atoms with Gasteiger partial charge in [0.15, 0.2) is 0 Å². The maximum atomic E-state index is 4.30. The summed E-state index contributed by atoms with van der Waals surface area (Å²) >= 11 is 0. The fourth-order valence-electron chi connectivity index (χ4n) is 2.24. The van der Waals surface area contributed by atoms with Crippen LogP contribution in [0.2, 0.25) is 0 Å². The van der Waals surface area contributed by atoms with Gasteiger partial charge in [-0.1, -0.05) is 60.4 Å². The highest BCUT2D eigenvalue weighted by molar-refractivity contribution is 5.69. The summed E-state index contributed by atoms with van der Waals surface area (Å²) in [6, 6.07) is 20.2. The SMILES string of the molecule is Cc1nccn1/C(=C\C#Cc1ccccc1)c1ccccc1. The third-order valence-electron chi connectivity index (χ3n) is 3.35. The van der Waals surface area contributed by atoms with Crippen molar-refractivity contribution in [1.29, 1.82) is 0 Å². The topological polar surface area (TPSA) is 17.8 Å². The van der Waals surface area contributed by atoms with Gasteiger partial charge < -0.3 is 4.57 Å². The van der Waals surface area contributed by atoms with Crippen LogP contribution in [0.4, 0.5) is 0 Å². The van der Waals surface area contributed by atoms with Crippen molar-refractivity contribution in [3.05, 3.63) is 96.1 Å². The molecule has 0 unspecified atom stereocenters. The van der Waals surface area contributed by atoms with E-state index in [1.54, 1.807) is 6.20 Å². The molecule has 0 aliphatic carbocycles. The molecule has 2 aromatic carbocycles. The molecule has 3 aromatic rings. The van der Waals surface area contributed by atoms with Gasteiger partial charge in [-0.3, -0.25) is 0 Å². The van der Waals surface area contributed by atoms with Crippen molar-refractivity contribution in [2.45, 2.75) is 6.92 Å². The Hall–Kier alpha value is -3.05. The zero-order chi connectivity index (χ0) is 15.2. The normalized spacial score (nSPS) is 10.9. The summed E-state index contributed by atoms with van der Waals surface area (Å²) in [7, 11) is 0. The van der Waals surface area contributed by atoms with Crippen LogP contribution in [0.5, 0.6) is 0 Å². The molecule has 3 rings (SSSR count). The van der Waals surface area contributed by atoms with Gasteiger partial charge in [0, 0.05) is 24.0 Å². The smallest absolute Gasteiger partial charge is 0.110 e. The first-order chi connectivity index (χ1) is 10.8. The lowest BCUT2D eigenvalue weighted by molar-refractivity contribution is 0.999. The van der Waals surface area contributed by atoms with Crippen molar-refractivity contribution in [1.82, 2.24) is 9.55 Å². The highest BCUT2D eigenvalue weighted by atomic mass is 15.1. The van der Waals surface area contributed by atoms with Crippen LogP contribution in [0.3, 0.4) is 0 Å². The van der Waals surface area contributed by atoms with Crippen molar-refractivity contribution in [3.8, 4) is 11.8 Å². The quantitative estimate of drug-likeness (QED) is 0.647. The van der Waals surface area contributed by atoms with Gasteiger partial charge in [-0.2, -0.15) is 0 Å². The van der Waals surface area contributed by atoms with Crippen molar-refractivity contribution in [2.24, 2.45) is 0 Å². The summed E-state index contributed by atoms with van der Waals surface area (Å²) in [5.74, 6) is 7.26. The molecule has 106 valence electrons. The fraction of sp³-hybridized carbons (Fsp3) is 0.0500. The minimum absolute atomic E-state index is 0.941. The fourth-order valence-corrected chi connectivity index (χ4v) is 2.24. The molecule has 0 amide bonds. The van der Waals surface area contributed by atoms with Gasteiger partial charge >= 0.3 is 0 Å². The van der Waals surface area contributed by atoms with Gasteiger partial charge in [0.05, 0.1) is 5.70 Å². The van der Waals surface area contributed by atoms with Gasteiger partial charge in [-0.25, -0.2) is 4.98 Å². The molecule has 0 saturated heterocycles. The van der Waals surface area contributed by atoms with Crippen LogP contribution < -0.4 is 0 Å². The van der Waals surface area contributed by atoms with Crippen LogP contribution in [-0.2, 0) is 0 Å². The molecule has 0 aliphatic heterocycles. The van der Waals surface area contributed by atoms with Crippen LogP contribution >= 0.6 is 0 Å². The number of benzene rings is 2. The number of nitrogens with zero attached hydrogens (tertiary/aromatic N) is 2. The van der Waals surface area contributed by atoms with Gasteiger partial charge in [0.1, 0.15) is 5.82 Å². The Labute approximate surface area is 130 Å². The van der Waals surface area contributed by atoms with Crippen molar-refractivity contribution >= 4 is 5.70 Å². The van der Waals surface area contributed by atoms with Crippen LogP contribution in [0.15, 0.2) is 79.1 Å². The molecule has 22 heavy (non-hydrogen) atoms. The Bertz CT molecular complexity index is 831. The van der Waals surface area contributed by atoms with E-state index in [1.165, 1.54) is 0 Å². The molecular formula is C20H16N2. The number of hydrogen-bond donors (Lipinski definition) is 0. The lowest BCUT2D eigenvalue weighted by atomic mass is 10.1. The molecule has 1 heterocycles. The Morgan fingerprint density at radius 3 is 2.32 bits per heavy atom. The lowest BCUT2D eigenvalue weighted by Crippen LogP contribution is -2.00. The summed E-state index contributed by atoms with van der Waals surface area (Å²) in [5.41, 5.74) is 3.15. The second-order valence-corrected chi connectivity index (χ2v) is 4.88. The maximum absolute atomic E-state index is 4.30. The number of imidazole rings is 1. The number of rotatable bonds is 2. The standard InChI is InChI=1S/C20H16N2/c1-17-21-15-16-22(17)20(19-12-6-3-7-13-19)14-8-11-18-9-4-2-5-10-18/h2-7,9-10,12-16H,1H3/b20-14-. The summed E-state index contributed by atoms with van der Waals surface area (Å²) < 4.78 is 2.05. The average Bonchev–Trinajstić information content (AvgIpc) is 2.99. The molecule has 0 spiro atoms. The van der Waals surface area contributed by atoms with Gasteiger partial charge in [0.25, 0.3) is 0 Å². The van der Waals surface area contributed by atoms with E-state index in [1.807, 2.05) is 67.7 Å². The molecule has 0 radical (unpaired) electrons. The molecule has 1 aromatic heterocycles. The van der Waals surface area contributed by atoms with Crippen LogP contribution in [0.1, 0.15) is 17.0 Å². The minimum Gasteiger partial charge on any atom is -0.303 e. The zero-order valence-corrected chi connectivity index (χ0v) is 12.4. The van der Waals surface area contributed by atoms with Crippen LogP contribution in [-0.4, -0.2) is 9.55 Å². The van der Waals surface area contributed by atoms with E-state index in [-0.39, 0.29) is 0 Å². The van der Waals surface area contributed by atoms with E-state index in [0.717, 1.165) is 22.6 Å². The first-order valence-corrected chi connectivity index (χ1v) is 7.17. The highest BCUT2D eigenvalue weighted by Gasteiger charge is 2.05. The molecule has 2 heteroatoms. The molecule has 2 nitrogen and oxygen atoms in total. The Balaban J connectivity index is 2.02. The van der Waals surface area contributed by atoms with Crippen LogP contribution in [0.25, 0.3) is 5.70 Å². The summed E-state index contributed by atoms with van der Waals surface area (Å²) in [6.07, 6.45) is 5.70. The monoisotopic (exact) mass is 284 g/mol. The number of allylic oxidation sites excluding steroid dienone is 1. The highest BCUT2D eigenvalue weighted by Crippen LogP contribution is 2.17. The first kappa shape index (κ1) is 13.9. The lowest BCUT2D eigenvalue weighted by Gasteiger charge is -2.09. The van der Waals surface area contributed by atoms with E-state index >= 15 is 0 Å². The third kappa shape index (κ3) is 3.16. The summed E-state index contributed by atoms with van der Waals surface area (Å²) in [4.78, 5) is 4.30. The molecule has 0 fully saturated rings. The molecule has 0 bridgehead atoms. The van der Waals surface area contributed by atoms with E-state index in [0.29, 0.717) is 0 Å². The van der Waals surface area contributed by atoms with E-state index in [2.05, 4.69) is 33.5 Å². The zero-order valence-electron chi connectivity index (χ0n) is 12.4. The van der Waals surface area contributed by atoms with Gasteiger partial charge in [-0.05, 0) is 24.6 Å². The van der Waals surface area contributed by atoms with Gasteiger partial charge in [0.2, 0.25) is 0 Å². The van der Waals surface area contributed by atoms with E-state index in [9.17, 15) is 0 Å². The molecular weight excluding hydrogens is 268 g/mol. The molecule has 0 saturated carbocycles. The number of aromatic nitrogens is 2. The predicted molar refractivity (Wildman–Crippen MR) is 90.1 cm³/mol. The van der Waals surface area contributed by atoms with Gasteiger partial charge in [-0.15, -0.1) is 0 Å². The Morgan fingerprint density at radius 2 is 1.68 bits per heavy atom. The average molecular weight is 284 g/mol. The third-order valence-corrected chi connectivity index (χ3v) is 3.35. The second-order valence-electron chi connectivity index (χ2n) is 4.88. The Kier molecular flexibility index (Phi) is 4.17. The number of hydrogen-bond acceptors (Lipinski definition) is 1. The van der Waals surface area contributed by atoms with Crippen molar-refractivity contribution < 1.29 is 0 Å². The summed E-state index contributed by atoms with van der Waals surface area (Å²) in [6.45, 7) is 1.99. The van der Waals surface area contributed by atoms with Crippen molar-refractivity contribution in [3.63, 3.8) is 0 Å². The second kappa shape index (κ2) is 6.60. The molecule has 0 atom stereocenters. The van der Waals surface area contributed by atoms with E-state index in [4.69, 9.17) is 0 Å². The Morgan fingerprint density at radius 1 is 1.00 bits per heavy atom. The number of aryl methyl sites for hydroxylation is 1. The van der Waals surface area contributed by atoms with Crippen LogP contribution in [0, 0.1) is 18.8 Å². The van der Waals surface area contributed by atoms with Crippen molar-refractivity contribution in [2.75, 3.05) is 0 Å². The predicted octanol–water partition coefficient (Wildman–Crippen LogP) is 4.13. The minimum atomic E-state index is 0.941. The largest absolute Gasteiger partial charge is 0.303 e. The summed E-state index contributed by atoms with van der Waals surface area (Å²) in [5, 5.41) is 0. The maximum Gasteiger partial charge on any atom is 0.110 e. The van der Waals surface area contributed by atoms with E-state index < -0.39 is 0 Å².